The minimum absolute atomic E-state index is 0.0835. The van der Waals surface area contributed by atoms with Gasteiger partial charge in [0, 0.05) is 24.2 Å². The molecule has 0 aliphatic carbocycles. The molecule has 0 amide bonds. The number of halogens is 3. The van der Waals surface area contributed by atoms with Gasteiger partial charge >= 0.3 is 6.18 Å². The van der Waals surface area contributed by atoms with Crippen LogP contribution in [0.5, 0.6) is 0 Å². The van der Waals surface area contributed by atoms with E-state index in [1.54, 1.807) is 25.3 Å². The van der Waals surface area contributed by atoms with Crippen LogP contribution in [0.15, 0.2) is 42.3 Å². The number of rotatable bonds is 4. The number of imidazole rings is 1. The van der Waals surface area contributed by atoms with E-state index in [2.05, 4.69) is 21.5 Å². The summed E-state index contributed by atoms with van der Waals surface area (Å²) in [5.41, 5.74) is 0.451. The maximum absolute atomic E-state index is 12.8. The van der Waals surface area contributed by atoms with Crippen molar-refractivity contribution in [3.05, 3.63) is 48.7 Å². The molecule has 0 saturated carbocycles. The van der Waals surface area contributed by atoms with E-state index in [9.17, 15) is 17.4 Å². The lowest BCUT2D eigenvalue weighted by atomic mass is 10.2. The number of fused-ring (bicyclic) bond motifs is 1. The van der Waals surface area contributed by atoms with Crippen molar-refractivity contribution in [2.75, 3.05) is 5.75 Å². The molecule has 0 aromatic carbocycles. The molecule has 3 aromatic heterocycles. The predicted octanol–water partition coefficient (Wildman–Crippen LogP) is 3.58. The van der Waals surface area contributed by atoms with E-state index >= 15 is 0 Å². The molecule has 0 fully saturated rings. The van der Waals surface area contributed by atoms with Crippen molar-refractivity contribution < 1.29 is 17.4 Å². The molecular weight excluding hydrogens is 353 g/mol. The van der Waals surface area contributed by atoms with Gasteiger partial charge in [-0.25, -0.2) is 9.97 Å². The van der Waals surface area contributed by atoms with E-state index in [0.717, 1.165) is 12.4 Å². The van der Waals surface area contributed by atoms with E-state index in [0.29, 0.717) is 27.6 Å². The van der Waals surface area contributed by atoms with E-state index in [1.807, 2.05) is 0 Å². The summed E-state index contributed by atoms with van der Waals surface area (Å²) in [6.45, 7) is 5.42. The van der Waals surface area contributed by atoms with E-state index in [4.69, 9.17) is 0 Å². The number of hydrogen-bond donors (Lipinski definition) is 0. The topological polar surface area (TPSA) is 60.1 Å². The first kappa shape index (κ1) is 17.3. The first-order chi connectivity index (χ1) is 11.8. The summed E-state index contributed by atoms with van der Waals surface area (Å²) < 4.78 is 52.0. The third kappa shape index (κ3) is 3.32. The lowest BCUT2D eigenvalue weighted by Crippen LogP contribution is -2.08. The average Bonchev–Trinajstić information content (AvgIpc) is 3.02. The second kappa shape index (κ2) is 6.40. The Morgan fingerprint density at radius 1 is 1.32 bits per heavy atom. The monoisotopic (exact) mass is 366 g/mol. The molecule has 5 nitrogen and oxygen atoms in total. The number of pyridine rings is 1. The summed E-state index contributed by atoms with van der Waals surface area (Å²) in [6.07, 6.45) is 1.13. The fourth-order valence-electron chi connectivity index (χ4n) is 2.25. The van der Waals surface area contributed by atoms with Gasteiger partial charge in [0.1, 0.15) is 29.1 Å². The number of nitrogens with zero attached hydrogens (tertiary/aromatic N) is 4. The molecule has 1 unspecified atom stereocenters. The molecule has 0 radical (unpaired) electrons. The van der Waals surface area contributed by atoms with E-state index in [-0.39, 0.29) is 5.65 Å². The molecule has 1 atom stereocenters. The second-order valence-electron chi connectivity index (χ2n) is 5.12. The minimum Gasteiger partial charge on any atom is -0.290 e. The van der Waals surface area contributed by atoms with Gasteiger partial charge in [0.15, 0.2) is 0 Å². The highest BCUT2D eigenvalue weighted by molar-refractivity contribution is 7.85. The Morgan fingerprint density at radius 2 is 2.08 bits per heavy atom. The first-order valence-electron chi connectivity index (χ1n) is 7.26. The molecule has 130 valence electrons. The Balaban J connectivity index is 2.16. The Morgan fingerprint density at radius 3 is 2.72 bits per heavy atom. The Hall–Kier alpha value is -2.55. The molecule has 9 heteroatoms. The van der Waals surface area contributed by atoms with Crippen LogP contribution in [-0.4, -0.2) is 29.3 Å². The molecule has 3 rings (SSSR count). The van der Waals surface area contributed by atoms with Gasteiger partial charge in [0.2, 0.25) is 0 Å². The van der Waals surface area contributed by atoms with Crippen LogP contribution < -0.4 is 0 Å². The minimum atomic E-state index is -4.55. The zero-order chi connectivity index (χ0) is 18.2. The van der Waals surface area contributed by atoms with Crippen LogP contribution in [0.3, 0.4) is 0 Å². The molecule has 0 aliphatic rings. The van der Waals surface area contributed by atoms with Crippen LogP contribution in [0, 0.1) is 0 Å². The molecule has 3 heterocycles. The van der Waals surface area contributed by atoms with Crippen LogP contribution in [0.2, 0.25) is 0 Å². The van der Waals surface area contributed by atoms with Crippen molar-refractivity contribution in [3.63, 3.8) is 0 Å². The van der Waals surface area contributed by atoms with E-state index in [1.165, 1.54) is 10.6 Å². The third-order valence-electron chi connectivity index (χ3n) is 3.50. The average molecular weight is 366 g/mol. The van der Waals surface area contributed by atoms with Gasteiger partial charge in [-0.15, -0.1) is 0 Å². The lowest BCUT2D eigenvalue weighted by Gasteiger charge is -2.06. The summed E-state index contributed by atoms with van der Waals surface area (Å²) in [4.78, 5) is 12.3. The largest absolute Gasteiger partial charge is 0.433 e. The van der Waals surface area contributed by atoms with Gasteiger partial charge in [-0.3, -0.25) is 13.6 Å². The standard InChI is InChI=1S/C16H13F3N4OS/c1-3-10-5-12(25(24)4-2)15(20-7-10)11-8-23-9-21-13(16(17,18)19)6-14(23)22-11/h3,5-9H,1,4H2,2H3. The smallest absolute Gasteiger partial charge is 0.290 e. The van der Waals surface area contributed by atoms with Gasteiger partial charge in [0.05, 0.1) is 15.7 Å². The molecule has 0 saturated heterocycles. The van der Waals surface area contributed by atoms with Gasteiger partial charge in [-0.1, -0.05) is 19.6 Å². The molecule has 0 spiro atoms. The van der Waals surface area contributed by atoms with Crippen LogP contribution in [0.25, 0.3) is 23.1 Å². The van der Waals surface area contributed by atoms with Gasteiger partial charge < -0.3 is 0 Å². The van der Waals surface area contributed by atoms with Crippen molar-refractivity contribution in [1.82, 2.24) is 19.4 Å². The molecule has 0 aliphatic heterocycles. The third-order valence-corrected chi connectivity index (χ3v) is 4.82. The highest BCUT2D eigenvalue weighted by Gasteiger charge is 2.33. The van der Waals surface area contributed by atoms with Gasteiger partial charge in [-0.05, 0) is 11.6 Å². The van der Waals surface area contributed by atoms with Gasteiger partial charge in [-0.2, -0.15) is 13.2 Å². The zero-order valence-corrected chi connectivity index (χ0v) is 13.9. The van der Waals surface area contributed by atoms with Crippen LogP contribution in [0.1, 0.15) is 18.2 Å². The number of alkyl halides is 3. The maximum Gasteiger partial charge on any atom is 0.433 e. The zero-order valence-electron chi connectivity index (χ0n) is 13.1. The summed E-state index contributed by atoms with van der Waals surface area (Å²) in [7, 11) is -1.31. The highest BCUT2D eigenvalue weighted by Crippen LogP contribution is 2.29. The van der Waals surface area contributed by atoms with E-state index < -0.39 is 22.7 Å². The molecule has 0 bridgehead atoms. The number of aromatic nitrogens is 4. The SMILES string of the molecule is C=Cc1cnc(-c2cn3cnc(C(F)(F)F)cc3n2)c(S(=O)CC)c1. The Labute approximate surface area is 143 Å². The van der Waals surface area contributed by atoms with Gasteiger partial charge in [0.25, 0.3) is 0 Å². The van der Waals surface area contributed by atoms with Crippen LogP contribution in [0.4, 0.5) is 13.2 Å². The fraction of sp³-hybridized carbons (Fsp3) is 0.188. The Kier molecular flexibility index (Phi) is 4.42. The molecule has 0 N–H and O–H groups in total. The van der Waals surface area contributed by atoms with Crippen molar-refractivity contribution in [2.45, 2.75) is 18.0 Å². The van der Waals surface area contributed by atoms with Crippen molar-refractivity contribution in [3.8, 4) is 11.4 Å². The summed E-state index contributed by atoms with van der Waals surface area (Å²) >= 11 is 0. The highest BCUT2D eigenvalue weighted by atomic mass is 32.2. The summed E-state index contributed by atoms with van der Waals surface area (Å²) in [5.74, 6) is 0.377. The molecular formula is C16H13F3N4OS. The quantitative estimate of drug-likeness (QED) is 0.708. The summed E-state index contributed by atoms with van der Waals surface area (Å²) in [6, 6.07) is 2.55. The fourth-order valence-corrected chi connectivity index (χ4v) is 3.20. The van der Waals surface area contributed by atoms with Crippen molar-refractivity contribution in [1.29, 1.82) is 0 Å². The van der Waals surface area contributed by atoms with Crippen LogP contribution >= 0.6 is 0 Å². The first-order valence-corrected chi connectivity index (χ1v) is 8.58. The van der Waals surface area contributed by atoms with Crippen molar-refractivity contribution >= 4 is 22.5 Å². The maximum atomic E-state index is 12.8. The normalized spacial score (nSPS) is 13.1. The van der Waals surface area contributed by atoms with Crippen molar-refractivity contribution in [2.24, 2.45) is 0 Å². The van der Waals surface area contributed by atoms with Crippen LogP contribution in [-0.2, 0) is 17.0 Å². The number of hydrogen-bond acceptors (Lipinski definition) is 4. The molecule has 3 aromatic rings. The Bertz CT molecular complexity index is 981. The predicted molar refractivity (Wildman–Crippen MR) is 88.3 cm³/mol. The lowest BCUT2D eigenvalue weighted by molar-refractivity contribution is -0.141. The summed E-state index contributed by atoms with van der Waals surface area (Å²) in [5, 5.41) is 0. The second-order valence-corrected chi connectivity index (χ2v) is 6.83. The molecule has 25 heavy (non-hydrogen) atoms.